The van der Waals surface area contributed by atoms with Crippen molar-refractivity contribution < 1.29 is 0 Å². The fourth-order valence-corrected chi connectivity index (χ4v) is 2.94. The van der Waals surface area contributed by atoms with Crippen molar-refractivity contribution in [2.75, 3.05) is 0 Å². The first kappa shape index (κ1) is 12.3. The Morgan fingerprint density at radius 2 is 2.12 bits per heavy atom. The fourth-order valence-electron chi connectivity index (χ4n) is 2.94. The Hall–Kier alpha value is -1.12. The van der Waals surface area contributed by atoms with Crippen molar-refractivity contribution in [3.05, 3.63) is 27.4 Å². The lowest BCUT2D eigenvalue weighted by Gasteiger charge is -2.11. The molecule has 2 atom stereocenters. The molecule has 2 rings (SSSR count). The predicted molar refractivity (Wildman–Crippen MR) is 69.3 cm³/mol. The Morgan fingerprint density at radius 3 is 2.65 bits per heavy atom. The molecule has 1 heterocycles. The van der Waals surface area contributed by atoms with E-state index < -0.39 is 0 Å². The van der Waals surface area contributed by atoms with Crippen molar-refractivity contribution in [2.24, 2.45) is 5.92 Å². The molecule has 0 bridgehead atoms. The molecule has 2 unspecified atom stereocenters. The van der Waals surface area contributed by atoms with Crippen LogP contribution in [0.4, 0.5) is 0 Å². The second-order valence-electron chi connectivity index (χ2n) is 5.15. The van der Waals surface area contributed by atoms with Gasteiger partial charge in [-0.05, 0) is 38.5 Å². The largest absolute Gasteiger partial charge is 0.310 e. The average Bonchev–Trinajstić information content (AvgIpc) is 2.77. The molecular weight excluding hydrogens is 212 g/mol. The van der Waals surface area contributed by atoms with Crippen LogP contribution in [0, 0.1) is 12.8 Å². The second kappa shape index (κ2) is 5.03. The Balaban J connectivity index is 2.26. The van der Waals surface area contributed by atoms with Crippen LogP contribution in [0.3, 0.4) is 0 Å². The van der Waals surface area contributed by atoms with Gasteiger partial charge in [-0.15, -0.1) is 0 Å². The maximum atomic E-state index is 11.9. The van der Waals surface area contributed by atoms with E-state index in [0.29, 0.717) is 5.92 Å². The first-order valence-corrected chi connectivity index (χ1v) is 6.75. The van der Waals surface area contributed by atoms with E-state index in [2.05, 4.69) is 16.9 Å². The van der Waals surface area contributed by atoms with Crippen LogP contribution >= 0.6 is 0 Å². The van der Waals surface area contributed by atoms with Gasteiger partial charge in [0.1, 0.15) is 5.82 Å². The first-order valence-electron chi connectivity index (χ1n) is 6.75. The molecule has 17 heavy (non-hydrogen) atoms. The lowest BCUT2D eigenvalue weighted by atomic mass is 10.0. The van der Waals surface area contributed by atoms with Gasteiger partial charge in [-0.25, -0.2) is 4.98 Å². The summed E-state index contributed by atoms with van der Waals surface area (Å²) in [6, 6.07) is 0. The quantitative estimate of drug-likeness (QED) is 0.874. The minimum atomic E-state index is 0.0648. The van der Waals surface area contributed by atoms with Crippen LogP contribution in [-0.2, 0) is 6.42 Å². The average molecular weight is 234 g/mol. The zero-order valence-corrected chi connectivity index (χ0v) is 11.0. The summed E-state index contributed by atoms with van der Waals surface area (Å²) in [6.45, 7) is 6.19. The van der Waals surface area contributed by atoms with Crippen molar-refractivity contribution >= 4 is 0 Å². The molecule has 0 amide bonds. The summed E-state index contributed by atoms with van der Waals surface area (Å²) in [4.78, 5) is 19.5. The third-order valence-electron chi connectivity index (χ3n) is 4.10. The van der Waals surface area contributed by atoms with E-state index in [1.165, 1.54) is 25.7 Å². The Bertz CT molecular complexity index is 450. The topological polar surface area (TPSA) is 45.8 Å². The molecule has 1 aliphatic rings. The normalized spacial score (nSPS) is 24.2. The van der Waals surface area contributed by atoms with Gasteiger partial charge in [0.05, 0.1) is 0 Å². The monoisotopic (exact) mass is 234 g/mol. The smallest absolute Gasteiger partial charge is 0.254 e. The molecular formula is C14H22N2O. The number of nitrogens with one attached hydrogen (secondary N) is 1. The number of aromatic amines is 1. The molecule has 0 spiro atoms. The van der Waals surface area contributed by atoms with Crippen molar-refractivity contribution in [3.63, 3.8) is 0 Å². The van der Waals surface area contributed by atoms with E-state index in [0.717, 1.165) is 29.4 Å². The van der Waals surface area contributed by atoms with Gasteiger partial charge in [0.2, 0.25) is 0 Å². The molecule has 1 aromatic heterocycles. The number of H-pyrrole nitrogens is 1. The number of aryl methyl sites for hydroxylation is 1. The molecule has 0 aliphatic heterocycles. The van der Waals surface area contributed by atoms with Crippen LogP contribution in [-0.4, -0.2) is 9.97 Å². The van der Waals surface area contributed by atoms with Gasteiger partial charge < -0.3 is 4.98 Å². The summed E-state index contributed by atoms with van der Waals surface area (Å²) >= 11 is 0. The molecule has 3 heteroatoms. The summed E-state index contributed by atoms with van der Waals surface area (Å²) in [5.74, 6) is 2.20. The third-order valence-corrected chi connectivity index (χ3v) is 4.10. The number of nitrogens with zero attached hydrogens (tertiary/aromatic N) is 1. The molecule has 3 nitrogen and oxygen atoms in total. The highest BCUT2D eigenvalue weighted by molar-refractivity contribution is 5.17. The van der Waals surface area contributed by atoms with Crippen LogP contribution < -0.4 is 5.56 Å². The van der Waals surface area contributed by atoms with E-state index in [1.54, 1.807) is 0 Å². The van der Waals surface area contributed by atoms with Crippen LogP contribution in [0.1, 0.15) is 62.5 Å². The predicted octanol–water partition coefficient (Wildman–Crippen LogP) is 2.93. The van der Waals surface area contributed by atoms with Crippen molar-refractivity contribution in [1.82, 2.24) is 9.97 Å². The first-order chi connectivity index (χ1) is 8.15. The maximum absolute atomic E-state index is 11.9. The summed E-state index contributed by atoms with van der Waals surface area (Å²) in [5.41, 5.74) is 1.81. The van der Waals surface area contributed by atoms with Crippen molar-refractivity contribution in [2.45, 2.75) is 58.8 Å². The molecule has 0 radical (unpaired) electrons. The molecule has 1 fully saturated rings. The number of hydrogen-bond acceptors (Lipinski definition) is 2. The number of aromatic nitrogens is 2. The summed E-state index contributed by atoms with van der Waals surface area (Å²) in [7, 11) is 0. The molecule has 1 N–H and O–H groups in total. The molecule has 94 valence electrons. The zero-order chi connectivity index (χ0) is 12.4. The summed E-state index contributed by atoms with van der Waals surface area (Å²) in [5, 5.41) is 0. The van der Waals surface area contributed by atoms with Gasteiger partial charge in [0, 0.05) is 17.2 Å². The minimum absolute atomic E-state index is 0.0648. The van der Waals surface area contributed by atoms with Gasteiger partial charge in [0.15, 0.2) is 0 Å². The summed E-state index contributed by atoms with van der Waals surface area (Å²) in [6.07, 6.45) is 5.64. The van der Waals surface area contributed by atoms with Gasteiger partial charge in [-0.3, -0.25) is 4.79 Å². The molecule has 0 saturated heterocycles. The lowest BCUT2D eigenvalue weighted by Crippen LogP contribution is -2.19. The van der Waals surface area contributed by atoms with E-state index in [1.807, 2.05) is 13.8 Å². The van der Waals surface area contributed by atoms with Gasteiger partial charge >= 0.3 is 0 Å². The molecule has 1 saturated carbocycles. The standard InChI is InChI=1S/C14H22N2O/c1-4-10-6-7-11(8-10)13-15-9(3)12(5-2)14(17)16-13/h10-11H,4-8H2,1-3H3,(H,15,16,17). The second-order valence-corrected chi connectivity index (χ2v) is 5.15. The van der Waals surface area contributed by atoms with E-state index in [4.69, 9.17) is 0 Å². The van der Waals surface area contributed by atoms with E-state index >= 15 is 0 Å². The van der Waals surface area contributed by atoms with Crippen LogP contribution in [0.2, 0.25) is 0 Å². The summed E-state index contributed by atoms with van der Waals surface area (Å²) < 4.78 is 0. The Morgan fingerprint density at radius 1 is 1.35 bits per heavy atom. The third kappa shape index (κ3) is 2.43. The SMILES string of the molecule is CCc1c(C)nc(C2CCC(CC)C2)[nH]c1=O. The highest BCUT2D eigenvalue weighted by Crippen LogP contribution is 2.37. The minimum Gasteiger partial charge on any atom is -0.310 e. The van der Waals surface area contributed by atoms with Crippen LogP contribution in [0.5, 0.6) is 0 Å². The Labute approximate surface area is 103 Å². The van der Waals surface area contributed by atoms with Gasteiger partial charge in [-0.2, -0.15) is 0 Å². The van der Waals surface area contributed by atoms with E-state index in [9.17, 15) is 4.79 Å². The fraction of sp³-hybridized carbons (Fsp3) is 0.714. The number of rotatable bonds is 3. The number of hydrogen-bond donors (Lipinski definition) is 1. The maximum Gasteiger partial charge on any atom is 0.254 e. The van der Waals surface area contributed by atoms with Crippen LogP contribution in [0.25, 0.3) is 0 Å². The molecule has 0 aromatic carbocycles. The van der Waals surface area contributed by atoms with Crippen molar-refractivity contribution in [3.8, 4) is 0 Å². The highest BCUT2D eigenvalue weighted by atomic mass is 16.1. The van der Waals surface area contributed by atoms with Crippen molar-refractivity contribution in [1.29, 1.82) is 0 Å². The molecule has 1 aliphatic carbocycles. The van der Waals surface area contributed by atoms with Crippen LogP contribution in [0.15, 0.2) is 4.79 Å². The Kier molecular flexibility index (Phi) is 3.65. The zero-order valence-electron chi connectivity index (χ0n) is 11.0. The van der Waals surface area contributed by atoms with Gasteiger partial charge in [0.25, 0.3) is 5.56 Å². The lowest BCUT2D eigenvalue weighted by molar-refractivity contribution is 0.516. The molecule has 1 aromatic rings. The highest BCUT2D eigenvalue weighted by Gasteiger charge is 2.26. The van der Waals surface area contributed by atoms with E-state index in [-0.39, 0.29) is 5.56 Å². The van der Waals surface area contributed by atoms with Gasteiger partial charge in [-0.1, -0.05) is 20.3 Å².